The Morgan fingerprint density at radius 1 is 0.388 bits per heavy atom. The Kier molecular flexibility index (Phi) is 38.8. The van der Waals surface area contributed by atoms with Crippen LogP contribution in [0.2, 0.25) is 0 Å². The van der Waals surface area contributed by atoms with E-state index in [1.807, 2.05) is 0 Å². The highest BCUT2D eigenvalue weighted by molar-refractivity contribution is 5.69. The van der Waals surface area contributed by atoms with Gasteiger partial charge in [-0.05, 0) is 76.3 Å². The van der Waals surface area contributed by atoms with Gasteiger partial charge < -0.3 is 14.8 Å². The van der Waals surface area contributed by atoms with E-state index < -0.39 is 0 Å². The van der Waals surface area contributed by atoms with Crippen LogP contribution < -0.4 is 5.32 Å². The van der Waals surface area contributed by atoms with Crippen LogP contribution in [0.1, 0.15) is 233 Å². The topological polar surface area (TPSA) is 64.6 Å². The highest BCUT2D eigenvalue weighted by atomic mass is 16.5. The van der Waals surface area contributed by atoms with Gasteiger partial charge in [-0.2, -0.15) is 0 Å². The third-order valence-electron chi connectivity index (χ3n) is 10.4. The molecular weight excluding hydrogens is 606 g/mol. The van der Waals surface area contributed by atoms with Crippen LogP contribution in [0.3, 0.4) is 0 Å². The molecule has 0 aliphatic carbocycles. The molecule has 5 heteroatoms. The Labute approximate surface area is 307 Å². The highest BCUT2D eigenvalue weighted by Crippen LogP contribution is 2.24. The summed E-state index contributed by atoms with van der Waals surface area (Å²) in [5.41, 5.74) is 0. The molecule has 0 bridgehead atoms. The lowest BCUT2D eigenvalue weighted by Gasteiger charge is -2.16. The summed E-state index contributed by atoms with van der Waals surface area (Å²) < 4.78 is 11.0. The van der Waals surface area contributed by atoms with Crippen molar-refractivity contribution in [2.45, 2.75) is 233 Å². The van der Waals surface area contributed by atoms with E-state index in [2.05, 4.69) is 33.0 Å². The quantitative estimate of drug-likeness (QED) is 0.0511. The first-order valence-corrected chi connectivity index (χ1v) is 22.1. The fourth-order valence-electron chi connectivity index (χ4n) is 7.07. The van der Waals surface area contributed by atoms with Gasteiger partial charge in [-0.1, -0.05) is 169 Å². The zero-order valence-corrected chi connectivity index (χ0v) is 33.7. The number of unbranched alkanes of at least 4 members (excludes halogenated alkanes) is 16. The van der Waals surface area contributed by atoms with Crippen LogP contribution in [0.15, 0.2) is 0 Å². The molecule has 0 saturated heterocycles. The first kappa shape index (κ1) is 47.9. The third kappa shape index (κ3) is 36.5. The lowest BCUT2D eigenvalue weighted by Crippen LogP contribution is -2.16. The highest BCUT2D eigenvalue weighted by Gasteiger charge is 2.12. The number of esters is 2. The minimum Gasteiger partial charge on any atom is -0.466 e. The van der Waals surface area contributed by atoms with E-state index in [1.54, 1.807) is 0 Å². The molecule has 1 N–H and O–H groups in total. The van der Waals surface area contributed by atoms with Gasteiger partial charge in [0.1, 0.15) is 0 Å². The number of ether oxygens (including phenoxy) is 2. The van der Waals surface area contributed by atoms with Gasteiger partial charge in [0.15, 0.2) is 0 Å². The monoisotopic (exact) mass is 694 g/mol. The van der Waals surface area contributed by atoms with Crippen LogP contribution in [0, 0.1) is 11.8 Å². The van der Waals surface area contributed by atoms with Crippen molar-refractivity contribution in [2.75, 3.05) is 26.3 Å². The van der Waals surface area contributed by atoms with Crippen molar-refractivity contribution in [1.29, 1.82) is 0 Å². The SMILES string of the molecule is CCCCCC(CCCCC)CCCC(=O)OCCCCCCCNCCCCCCCOC(=O)CCCC(CCCCC)CCCCC. The van der Waals surface area contributed by atoms with Crippen LogP contribution >= 0.6 is 0 Å². The van der Waals surface area contributed by atoms with Crippen molar-refractivity contribution in [1.82, 2.24) is 5.32 Å². The molecule has 0 aromatic heterocycles. The molecule has 0 unspecified atom stereocenters. The Hall–Kier alpha value is -1.10. The molecule has 0 aromatic carbocycles. The molecule has 0 rings (SSSR count). The molecular formula is C44H87NO4. The molecule has 0 aliphatic heterocycles. The predicted molar refractivity (Wildman–Crippen MR) is 212 cm³/mol. The molecule has 0 saturated carbocycles. The Morgan fingerprint density at radius 3 is 1.04 bits per heavy atom. The molecule has 0 radical (unpaired) electrons. The van der Waals surface area contributed by atoms with Crippen LogP contribution in [-0.4, -0.2) is 38.2 Å². The second kappa shape index (κ2) is 39.7. The first-order valence-electron chi connectivity index (χ1n) is 22.1. The molecule has 0 amide bonds. The summed E-state index contributed by atoms with van der Waals surface area (Å²) in [4.78, 5) is 24.4. The lowest BCUT2D eigenvalue weighted by molar-refractivity contribution is -0.144. The maximum absolute atomic E-state index is 12.2. The largest absolute Gasteiger partial charge is 0.466 e. The van der Waals surface area contributed by atoms with Crippen LogP contribution in [0.5, 0.6) is 0 Å². The van der Waals surface area contributed by atoms with Crippen molar-refractivity contribution in [3.8, 4) is 0 Å². The van der Waals surface area contributed by atoms with E-state index in [4.69, 9.17) is 9.47 Å². The van der Waals surface area contributed by atoms with Gasteiger partial charge >= 0.3 is 11.9 Å². The van der Waals surface area contributed by atoms with Crippen molar-refractivity contribution < 1.29 is 19.1 Å². The fraction of sp³-hybridized carbons (Fsp3) is 0.955. The van der Waals surface area contributed by atoms with Crippen LogP contribution in [0.4, 0.5) is 0 Å². The lowest BCUT2D eigenvalue weighted by atomic mass is 9.90. The number of rotatable bonds is 40. The first-order chi connectivity index (χ1) is 24.1. The summed E-state index contributed by atoms with van der Waals surface area (Å²) in [6, 6.07) is 0. The van der Waals surface area contributed by atoms with Gasteiger partial charge in [0.2, 0.25) is 0 Å². The van der Waals surface area contributed by atoms with Crippen LogP contribution in [-0.2, 0) is 19.1 Å². The number of hydrogen-bond donors (Lipinski definition) is 1. The summed E-state index contributed by atoms with van der Waals surface area (Å²) in [5, 5.41) is 3.59. The third-order valence-corrected chi connectivity index (χ3v) is 10.4. The Morgan fingerprint density at radius 2 is 0.694 bits per heavy atom. The zero-order chi connectivity index (χ0) is 35.9. The van der Waals surface area contributed by atoms with Gasteiger partial charge in [0, 0.05) is 12.8 Å². The molecule has 0 atom stereocenters. The van der Waals surface area contributed by atoms with E-state index in [9.17, 15) is 9.59 Å². The smallest absolute Gasteiger partial charge is 0.305 e. The number of hydrogen-bond acceptors (Lipinski definition) is 5. The summed E-state index contributed by atoms with van der Waals surface area (Å²) >= 11 is 0. The molecule has 0 aliphatic rings. The molecule has 5 nitrogen and oxygen atoms in total. The fourth-order valence-corrected chi connectivity index (χ4v) is 7.07. The van der Waals surface area contributed by atoms with Crippen molar-refractivity contribution in [3.05, 3.63) is 0 Å². The Bertz CT molecular complexity index is 608. The van der Waals surface area contributed by atoms with Crippen LogP contribution in [0.25, 0.3) is 0 Å². The van der Waals surface area contributed by atoms with Gasteiger partial charge in [-0.25, -0.2) is 0 Å². The average Bonchev–Trinajstić information content (AvgIpc) is 3.09. The van der Waals surface area contributed by atoms with Crippen molar-refractivity contribution in [3.63, 3.8) is 0 Å². The molecule has 0 aromatic rings. The number of carbonyl (C=O) groups excluding carboxylic acids is 2. The summed E-state index contributed by atoms with van der Waals surface area (Å²) in [7, 11) is 0. The molecule has 0 heterocycles. The van der Waals surface area contributed by atoms with E-state index in [0.29, 0.717) is 26.1 Å². The van der Waals surface area contributed by atoms with Gasteiger partial charge in [-0.15, -0.1) is 0 Å². The minimum atomic E-state index is 0.00794. The zero-order valence-electron chi connectivity index (χ0n) is 33.7. The average molecular weight is 694 g/mol. The van der Waals surface area contributed by atoms with Gasteiger partial charge in [0.05, 0.1) is 13.2 Å². The Balaban J connectivity index is 3.53. The van der Waals surface area contributed by atoms with Crippen molar-refractivity contribution in [2.24, 2.45) is 11.8 Å². The molecule has 292 valence electrons. The van der Waals surface area contributed by atoms with Crippen molar-refractivity contribution >= 4 is 11.9 Å². The number of nitrogens with one attached hydrogen (secondary N) is 1. The maximum Gasteiger partial charge on any atom is 0.305 e. The van der Waals surface area contributed by atoms with E-state index in [0.717, 1.165) is 63.5 Å². The second-order valence-corrected chi connectivity index (χ2v) is 15.2. The van der Waals surface area contributed by atoms with E-state index in [-0.39, 0.29) is 11.9 Å². The summed E-state index contributed by atoms with van der Waals surface area (Å²) in [6.07, 6.45) is 38.4. The van der Waals surface area contributed by atoms with Gasteiger partial charge in [-0.3, -0.25) is 9.59 Å². The standard InChI is InChI=1S/C44H87NO4/c1-5-9-19-29-41(30-20-10-6-2)33-27-35-43(46)48-39-25-17-13-15-23-37-45-38-24-16-14-18-26-40-49-44(47)36-28-34-42(31-21-11-7-3)32-22-12-8-4/h41-42,45H,5-40H2,1-4H3. The number of carbonyl (C=O) groups is 2. The summed E-state index contributed by atoms with van der Waals surface area (Å²) in [5.74, 6) is 1.61. The van der Waals surface area contributed by atoms with E-state index >= 15 is 0 Å². The predicted octanol–water partition coefficient (Wildman–Crippen LogP) is 13.5. The second-order valence-electron chi connectivity index (χ2n) is 15.2. The summed E-state index contributed by atoms with van der Waals surface area (Å²) in [6.45, 7) is 12.5. The van der Waals surface area contributed by atoms with E-state index in [1.165, 1.54) is 154 Å². The van der Waals surface area contributed by atoms with Gasteiger partial charge in [0.25, 0.3) is 0 Å². The molecule has 49 heavy (non-hydrogen) atoms. The molecule has 0 fully saturated rings. The normalized spacial score (nSPS) is 11.6. The maximum atomic E-state index is 12.2. The minimum absolute atomic E-state index is 0.00794. The molecule has 0 spiro atoms.